The van der Waals surface area contributed by atoms with Crippen molar-refractivity contribution in [1.82, 2.24) is 0 Å². The predicted octanol–water partition coefficient (Wildman–Crippen LogP) is 7.55. The highest BCUT2D eigenvalue weighted by Crippen LogP contribution is 2.57. The van der Waals surface area contributed by atoms with Crippen LogP contribution in [0.5, 0.6) is 0 Å². The van der Waals surface area contributed by atoms with Gasteiger partial charge in [0.15, 0.2) is 0 Å². The molecule has 5 aromatic rings. The van der Waals surface area contributed by atoms with Crippen LogP contribution < -0.4 is 0 Å². The molecule has 0 aliphatic heterocycles. The average molecular weight is 369 g/mol. The second-order valence-corrected chi connectivity index (χ2v) is 8.95. The Hall–Kier alpha value is -2.42. The summed E-state index contributed by atoms with van der Waals surface area (Å²) in [6.07, 6.45) is 2.23. The fourth-order valence-electron chi connectivity index (χ4n) is 4.19. The molecule has 2 heteroatoms. The third-order valence-electron chi connectivity index (χ3n) is 5.41. The number of fused-ring (bicyclic) bond motifs is 9. The molecule has 6 rings (SSSR count). The fraction of sp³-hybridized carbons (Fsp3) is 0.0833. The Morgan fingerprint density at radius 1 is 0.654 bits per heavy atom. The average Bonchev–Trinajstić information content (AvgIpc) is 3.29. The first-order valence-corrected chi connectivity index (χ1v) is 10.7. The van der Waals surface area contributed by atoms with Gasteiger partial charge in [-0.1, -0.05) is 54.6 Å². The van der Waals surface area contributed by atoms with Gasteiger partial charge in [-0.3, -0.25) is 0 Å². The molecule has 2 aromatic heterocycles. The molecule has 0 unspecified atom stereocenters. The van der Waals surface area contributed by atoms with Crippen LogP contribution in [0.1, 0.15) is 10.4 Å². The third kappa shape index (κ3) is 2.00. The van der Waals surface area contributed by atoms with E-state index in [2.05, 4.69) is 72.1 Å². The third-order valence-corrected chi connectivity index (χ3v) is 7.57. The summed E-state index contributed by atoms with van der Waals surface area (Å²) in [5, 5.41) is 5.13. The minimum Gasteiger partial charge on any atom is -0.143 e. The van der Waals surface area contributed by atoms with Crippen LogP contribution in [-0.2, 0) is 12.8 Å². The first-order chi connectivity index (χ1) is 12.9. The lowest BCUT2D eigenvalue weighted by Gasteiger charge is -2.25. The molecule has 0 fully saturated rings. The van der Waals surface area contributed by atoms with Crippen LogP contribution in [0.3, 0.4) is 0 Å². The molecule has 124 valence electrons. The molecule has 0 saturated heterocycles. The van der Waals surface area contributed by atoms with E-state index in [4.69, 9.17) is 0 Å². The van der Waals surface area contributed by atoms with E-state index in [1.807, 2.05) is 22.7 Å². The van der Waals surface area contributed by atoms with Gasteiger partial charge >= 0.3 is 0 Å². The van der Waals surface area contributed by atoms with Crippen LogP contribution in [0.4, 0.5) is 0 Å². The molecular weight excluding hydrogens is 352 g/mol. The van der Waals surface area contributed by atoms with Gasteiger partial charge in [0.05, 0.1) is 0 Å². The summed E-state index contributed by atoms with van der Waals surface area (Å²) in [6, 6.07) is 24.4. The Bertz CT molecular complexity index is 1270. The van der Waals surface area contributed by atoms with Crippen LogP contribution in [0.15, 0.2) is 72.1 Å². The second-order valence-electron chi connectivity index (χ2n) is 6.90. The lowest BCUT2D eigenvalue weighted by atomic mass is 9.78. The highest BCUT2D eigenvalue weighted by molar-refractivity contribution is 7.22. The number of rotatable bonds is 3. The van der Waals surface area contributed by atoms with Crippen LogP contribution >= 0.6 is 22.7 Å². The van der Waals surface area contributed by atoms with E-state index in [9.17, 15) is 0 Å². The van der Waals surface area contributed by atoms with Crippen LogP contribution in [0, 0.1) is 0 Å². The fourth-order valence-corrected chi connectivity index (χ4v) is 6.41. The maximum Gasteiger partial charge on any atom is 0.0445 e. The van der Waals surface area contributed by atoms with Gasteiger partial charge in [0.2, 0.25) is 0 Å². The van der Waals surface area contributed by atoms with Gasteiger partial charge in [0.1, 0.15) is 0 Å². The van der Waals surface area contributed by atoms with Gasteiger partial charge < -0.3 is 0 Å². The van der Waals surface area contributed by atoms with Gasteiger partial charge in [0, 0.05) is 36.2 Å². The smallest absolute Gasteiger partial charge is 0.0445 e. The highest BCUT2D eigenvalue weighted by atomic mass is 32.1. The van der Waals surface area contributed by atoms with Crippen molar-refractivity contribution in [2.45, 2.75) is 12.8 Å². The van der Waals surface area contributed by atoms with E-state index >= 15 is 0 Å². The monoisotopic (exact) mass is 368 g/mol. The first-order valence-electron chi connectivity index (χ1n) is 8.99. The van der Waals surface area contributed by atoms with E-state index in [0.717, 1.165) is 12.8 Å². The van der Waals surface area contributed by atoms with Gasteiger partial charge in [-0.25, -0.2) is 0 Å². The molecule has 0 amide bonds. The molecule has 2 heterocycles. The zero-order valence-electron chi connectivity index (χ0n) is 14.2. The Kier molecular flexibility index (Phi) is 3.13. The van der Waals surface area contributed by atoms with Gasteiger partial charge in [-0.15, -0.1) is 22.7 Å². The normalized spacial score (nSPS) is 12.2. The zero-order valence-corrected chi connectivity index (χ0v) is 15.8. The molecule has 0 nitrogen and oxygen atoms in total. The molecule has 26 heavy (non-hydrogen) atoms. The summed E-state index contributed by atoms with van der Waals surface area (Å²) >= 11 is 3.88. The van der Waals surface area contributed by atoms with E-state index in [-0.39, 0.29) is 0 Å². The number of benzene rings is 3. The number of aryl methyl sites for hydroxylation is 2. The van der Waals surface area contributed by atoms with E-state index in [1.54, 1.807) is 0 Å². The summed E-state index contributed by atoms with van der Waals surface area (Å²) in [6.45, 7) is 0. The maximum atomic E-state index is 2.45. The molecular formula is C24H16S2. The van der Waals surface area contributed by atoms with Crippen LogP contribution in [0.25, 0.3) is 42.4 Å². The Labute approximate surface area is 160 Å². The Morgan fingerprint density at radius 2 is 1.42 bits per heavy atom. The van der Waals surface area contributed by atoms with Crippen molar-refractivity contribution < 1.29 is 0 Å². The van der Waals surface area contributed by atoms with Crippen molar-refractivity contribution in [3.8, 4) is 22.3 Å². The molecule has 0 saturated carbocycles. The Morgan fingerprint density at radius 3 is 2.27 bits per heavy atom. The molecule has 1 aliphatic carbocycles. The quantitative estimate of drug-likeness (QED) is 0.302. The molecule has 1 aliphatic rings. The highest BCUT2D eigenvalue weighted by Gasteiger charge is 2.29. The summed E-state index contributed by atoms with van der Waals surface area (Å²) in [7, 11) is 0. The summed E-state index contributed by atoms with van der Waals surface area (Å²) < 4.78 is 2.94. The topological polar surface area (TPSA) is 0 Å². The summed E-state index contributed by atoms with van der Waals surface area (Å²) in [5.74, 6) is 0. The summed E-state index contributed by atoms with van der Waals surface area (Å²) in [4.78, 5) is 1.50. The van der Waals surface area contributed by atoms with Crippen molar-refractivity contribution in [3.63, 3.8) is 0 Å². The molecule has 0 bridgehead atoms. The number of hydrogen-bond donors (Lipinski definition) is 0. The van der Waals surface area contributed by atoms with E-state index in [0.29, 0.717) is 0 Å². The van der Waals surface area contributed by atoms with Gasteiger partial charge in [-0.05, 0) is 47.0 Å². The zero-order chi connectivity index (χ0) is 17.1. The Balaban J connectivity index is 1.51. The van der Waals surface area contributed by atoms with Gasteiger partial charge in [0.25, 0.3) is 0 Å². The largest absolute Gasteiger partial charge is 0.143 e. The molecule has 0 N–H and O–H groups in total. The van der Waals surface area contributed by atoms with Crippen molar-refractivity contribution >= 4 is 42.8 Å². The number of thiophene rings is 2. The molecule has 0 atom stereocenters. The second kappa shape index (κ2) is 5.54. The van der Waals surface area contributed by atoms with Gasteiger partial charge in [-0.2, -0.15) is 0 Å². The van der Waals surface area contributed by atoms with Crippen molar-refractivity contribution in [2.24, 2.45) is 0 Å². The minimum absolute atomic E-state index is 1.11. The van der Waals surface area contributed by atoms with E-state index < -0.39 is 0 Å². The lowest BCUT2D eigenvalue weighted by Crippen LogP contribution is -1.98. The summed E-state index contributed by atoms with van der Waals surface area (Å²) in [5.41, 5.74) is 7.23. The van der Waals surface area contributed by atoms with Crippen LogP contribution in [0.2, 0.25) is 0 Å². The van der Waals surface area contributed by atoms with Crippen molar-refractivity contribution in [3.05, 3.63) is 82.6 Å². The minimum atomic E-state index is 1.11. The standard InChI is InChI=1S/C24H16S2/c1-2-6-15(7-3-1)10-11-16-14-20-23-19(12-13-25-23)21-17-8-4-5-9-18(17)22(21)24(20)26-16/h1-9,12-14H,10-11H2. The number of hydrogen-bond acceptors (Lipinski definition) is 2. The van der Waals surface area contributed by atoms with E-state index in [1.165, 1.54) is 52.9 Å². The van der Waals surface area contributed by atoms with Crippen molar-refractivity contribution in [2.75, 3.05) is 0 Å². The van der Waals surface area contributed by atoms with Crippen LogP contribution in [-0.4, -0.2) is 0 Å². The predicted molar refractivity (Wildman–Crippen MR) is 115 cm³/mol. The molecule has 3 aromatic carbocycles. The lowest BCUT2D eigenvalue weighted by molar-refractivity contribution is 0.982. The van der Waals surface area contributed by atoms with Crippen molar-refractivity contribution in [1.29, 1.82) is 0 Å². The molecule has 0 spiro atoms. The molecule has 0 radical (unpaired) electrons. The SMILES string of the molecule is c1ccc(CCc2cc3c(s2)c2c(c4ccsc43)-c3ccccc3-2)cc1. The first kappa shape index (κ1) is 14.7. The maximum absolute atomic E-state index is 2.45.